The molecule has 1 aromatic carbocycles. The quantitative estimate of drug-likeness (QED) is 0.393. The first-order valence-electron chi connectivity index (χ1n) is 9.84. The van der Waals surface area contributed by atoms with Crippen LogP contribution in [0.25, 0.3) is 55.6 Å². The summed E-state index contributed by atoms with van der Waals surface area (Å²) in [6, 6.07) is 16.2. The van der Waals surface area contributed by atoms with Gasteiger partial charge in [-0.15, -0.1) is 0 Å². The van der Waals surface area contributed by atoms with Crippen LogP contribution in [0.1, 0.15) is 0 Å². The summed E-state index contributed by atoms with van der Waals surface area (Å²) in [7, 11) is 0. The Morgan fingerprint density at radius 1 is 0.774 bits per heavy atom. The molecule has 0 amide bonds. The topological polar surface area (TPSA) is 109 Å². The predicted molar refractivity (Wildman–Crippen MR) is 122 cm³/mol. The second kappa shape index (κ2) is 6.77. The normalized spacial score (nSPS) is 11.4. The maximum atomic E-state index is 5.90. The molecule has 0 bridgehead atoms. The van der Waals surface area contributed by atoms with Crippen molar-refractivity contribution in [1.82, 2.24) is 30.1 Å². The van der Waals surface area contributed by atoms with Gasteiger partial charge in [-0.25, -0.2) is 0 Å². The summed E-state index contributed by atoms with van der Waals surface area (Å²) in [6.45, 7) is 0. The molecule has 0 aliphatic carbocycles. The fourth-order valence-corrected chi connectivity index (χ4v) is 3.93. The summed E-state index contributed by atoms with van der Waals surface area (Å²) in [5.41, 5.74) is 14.0. The van der Waals surface area contributed by atoms with E-state index in [4.69, 9.17) is 5.73 Å². The zero-order valence-electron chi connectivity index (χ0n) is 16.4. The molecular formula is C24H17N7. The van der Waals surface area contributed by atoms with E-state index >= 15 is 0 Å². The average Bonchev–Trinajstić information content (AvgIpc) is 3.43. The van der Waals surface area contributed by atoms with E-state index in [1.54, 1.807) is 24.8 Å². The number of aromatic amines is 2. The van der Waals surface area contributed by atoms with Crippen molar-refractivity contribution in [3.8, 4) is 33.8 Å². The Balaban J connectivity index is 1.51. The van der Waals surface area contributed by atoms with Gasteiger partial charge in [0.2, 0.25) is 0 Å². The zero-order valence-corrected chi connectivity index (χ0v) is 16.4. The highest BCUT2D eigenvalue weighted by atomic mass is 15.1. The number of benzene rings is 1. The van der Waals surface area contributed by atoms with Gasteiger partial charge in [0.25, 0.3) is 0 Å². The van der Waals surface area contributed by atoms with Crippen molar-refractivity contribution in [2.45, 2.75) is 0 Å². The lowest BCUT2D eigenvalue weighted by atomic mass is 10.0. The Bertz CT molecular complexity index is 1550. The minimum atomic E-state index is 0.602. The maximum Gasteiger partial charge on any atom is 0.116 e. The second-order valence-corrected chi connectivity index (χ2v) is 7.39. The SMILES string of the molecule is Nc1cncc(-c2cc3c(-c4cc5c(-c6cccnc6)cccc5[nH]4)n[nH]c3cn2)c1. The molecule has 6 rings (SSSR count). The molecule has 0 saturated carbocycles. The maximum absolute atomic E-state index is 5.90. The van der Waals surface area contributed by atoms with Crippen molar-refractivity contribution in [3.05, 3.63) is 79.5 Å². The number of fused-ring (bicyclic) bond motifs is 2. The number of aromatic nitrogens is 6. The monoisotopic (exact) mass is 403 g/mol. The molecule has 5 heterocycles. The Morgan fingerprint density at radius 2 is 1.71 bits per heavy atom. The Morgan fingerprint density at radius 3 is 2.58 bits per heavy atom. The number of nitrogens with one attached hydrogen (secondary N) is 2. The number of rotatable bonds is 3. The zero-order chi connectivity index (χ0) is 20.8. The van der Waals surface area contributed by atoms with Crippen LogP contribution in [0.4, 0.5) is 5.69 Å². The molecule has 0 fully saturated rings. The van der Waals surface area contributed by atoms with Gasteiger partial charge in [0.05, 0.1) is 28.8 Å². The van der Waals surface area contributed by atoms with Gasteiger partial charge in [-0.05, 0) is 35.9 Å². The third-order valence-electron chi connectivity index (χ3n) is 5.39. The molecule has 148 valence electrons. The molecular weight excluding hydrogens is 386 g/mol. The molecule has 7 nitrogen and oxygen atoms in total. The Kier molecular flexibility index (Phi) is 3.79. The Labute approximate surface area is 177 Å². The highest BCUT2D eigenvalue weighted by molar-refractivity contribution is 6.01. The lowest BCUT2D eigenvalue weighted by Gasteiger charge is -2.02. The minimum absolute atomic E-state index is 0.602. The fourth-order valence-electron chi connectivity index (χ4n) is 3.93. The Hall–Kier alpha value is -4.52. The van der Waals surface area contributed by atoms with Gasteiger partial charge in [0.1, 0.15) is 5.69 Å². The van der Waals surface area contributed by atoms with E-state index in [2.05, 4.69) is 54.4 Å². The van der Waals surface area contributed by atoms with Gasteiger partial charge in [-0.3, -0.25) is 20.1 Å². The van der Waals surface area contributed by atoms with E-state index < -0.39 is 0 Å². The summed E-state index contributed by atoms with van der Waals surface area (Å²) in [4.78, 5) is 16.5. The molecule has 31 heavy (non-hydrogen) atoms. The van der Waals surface area contributed by atoms with Crippen LogP contribution in [-0.2, 0) is 0 Å². The molecule has 0 unspecified atom stereocenters. The number of anilines is 1. The van der Waals surface area contributed by atoms with Crippen LogP contribution in [0.2, 0.25) is 0 Å². The largest absolute Gasteiger partial charge is 0.397 e. The number of nitrogen functional groups attached to an aromatic ring is 1. The van der Waals surface area contributed by atoms with Crippen molar-refractivity contribution >= 4 is 27.5 Å². The number of hydrogen-bond acceptors (Lipinski definition) is 5. The summed E-state index contributed by atoms with van der Waals surface area (Å²) < 4.78 is 0. The van der Waals surface area contributed by atoms with Crippen LogP contribution >= 0.6 is 0 Å². The molecule has 0 spiro atoms. The van der Waals surface area contributed by atoms with E-state index in [0.717, 1.165) is 55.6 Å². The number of H-pyrrole nitrogens is 2. The van der Waals surface area contributed by atoms with E-state index in [9.17, 15) is 0 Å². The van der Waals surface area contributed by atoms with E-state index in [1.807, 2.05) is 30.5 Å². The summed E-state index contributed by atoms with van der Waals surface area (Å²) in [5, 5.41) is 9.75. The molecule has 0 atom stereocenters. The summed E-state index contributed by atoms with van der Waals surface area (Å²) in [5.74, 6) is 0. The average molecular weight is 403 g/mol. The van der Waals surface area contributed by atoms with Crippen molar-refractivity contribution < 1.29 is 0 Å². The lowest BCUT2D eigenvalue weighted by molar-refractivity contribution is 1.11. The predicted octanol–water partition coefficient (Wildman–Crippen LogP) is 4.81. The van der Waals surface area contributed by atoms with Gasteiger partial charge in [0, 0.05) is 52.2 Å². The third kappa shape index (κ3) is 2.91. The second-order valence-electron chi connectivity index (χ2n) is 7.39. The first-order valence-corrected chi connectivity index (χ1v) is 9.84. The molecule has 7 heteroatoms. The van der Waals surface area contributed by atoms with Gasteiger partial charge in [-0.2, -0.15) is 5.10 Å². The van der Waals surface area contributed by atoms with Crippen LogP contribution in [0.5, 0.6) is 0 Å². The smallest absolute Gasteiger partial charge is 0.116 e. The van der Waals surface area contributed by atoms with Gasteiger partial charge in [0.15, 0.2) is 0 Å². The summed E-state index contributed by atoms with van der Waals surface area (Å²) >= 11 is 0. The number of pyridine rings is 3. The minimum Gasteiger partial charge on any atom is -0.397 e. The molecule has 0 saturated heterocycles. The molecule has 5 aromatic heterocycles. The first kappa shape index (κ1) is 17.3. The van der Waals surface area contributed by atoms with Crippen molar-refractivity contribution in [3.63, 3.8) is 0 Å². The van der Waals surface area contributed by atoms with E-state index in [1.165, 1.54) is 0 Å². The van der Waals surface area contributed by atoms with Gasteiger partial charge >= 0.3 is 0 Å². The van der Waals surface area contributed by atoms with Crippen LogP contribution in [0.15, 0.2) is 79.5 Å². The standard InChI is InChI=1S/C24H17N7/c25-16-7-15(11-27-12-16)21-9-19-23(13-28-21)30-31-24(19)22-8-18-17(4-1-5-20(18)29-22)14-3-2-6-26-10-14/h1-13,29H,25H2,(H,30,31). The highest BCUT2D eigenvalue weighted by Gasteiger charge is 2.15. The van der Waals surface area contributed by atoms with Crippen molar-refractivity contribution in [2.75, 3.05) is 5.73 Å². The molecule has 0 aliphatic rings. The third-order valence-corrected chi connectivity index (χ3v) is 5.39. The van der Waals surface area contributed by atoms with Gasteiger partial charge in [-0.1, -0.05) is 18.2 Å². The van der Waals surface area contributed by atoms with Crippen LogP contribution in [0, 0.1) is 0 Å². The molecule has 4 N–H and O–H groups in total. The highest BCUT2D eigenvalue weighted by Crippen LogP contribution is 2.34. The summed E-state index contributed by atoms with van der Waals surface area (Å²) in [6.07, 6.45) is 8.82. The van der Waals surface area contributed by atoms with Gasteiger partial charge < -0.3 is 10.7 Å². The number of hydrogen-bond donors (Lipinski definition) is 3. The van der Waals surface area contributed by atoms with Crippen molar-refractivity contribution in [2.24, 2.45) is 0 Å². The first-order chi connectivity index (χ1) is 15.3. The fraction of sp³-hybridized carbons (Fsp3) is 0. The molecule has 0 aliphatic heterocycles. The van der Waals surface area contributed by atoms with E-state index in [-0.39, 0.29) is 0 Å². The van der Waals surface area contributed by atoms with Crippen molar-refractivity contribution in [1.29, 1.82) is 0 Å². The van der Waals surface area contributed by atoms with Crippen LogP contribution in [-0.4, -0.2) is 30.1 Å². The molecule has 0 radical (unpaired) electrons. The lowest BCUT2D eigenvalue weighted by Crippen LogP contribution is -1.89. The number of nitrogens with zero attached hydrogens (tertiary/aromatic N) is 4. The molecule has 6 aromatic rings. The number of nitrogens with two attached hydrogens (primary N) is 1. The van der Waals surface area contributed by atoms with Crippen LogP contribution in [0.3, 0.4) is 0 Å². The van der Waals surface area contributed by atoms with Crippen LogP contribution < -0.4 is 5.73 Å². The van der Waals surface area contributed by atoms with E-state index in [0.29, 0.717) is 5.69 Å².